The normalized spacial score (nSPS) is 13.1. The number of aromatic nitrogens is 3. The van der Waals surface area contributed by atoms with Gasteiger partial charge in [0.15, 0.2) is 5.82 Å². The Labute approximate surface area is 147 Å². The highest BCUT2D eigenvalue weighted by molar-refractivity contribution is 8.00. The van der Waals surface area contributed by atoms with Crippen molar-refractivity contribution in [3.8, 4) is 0 Å². The van der Waals surface area contributed by atoms with Crippen LogP contribution in [0, 0.1) is 0 Å². The van der Waals surface area contributed by atoms with Crippen LogP contribution < -0.4 is 11.2 Å². The Bertz CT molecular complexity index is 760. The highest BCUT2D eigenvalue weighted by atomic mass is 32.2. The van der Waals surface area contributed by atoms with Crippen molar-refractivity contribution in [2.75, 3.05) is 11.2 Å². The first-order valence-corrected chi connectivity index (χ1v) is 8.33. The molecule has 0 aliphatic heterocycles. The van der Waals surface area contributed by atoms with Gasteiger partial charge in [-0.3, -0.25) is 4.79 Å². The number of anilines is 1. The first kappa shape index (κ1) is 19.1. The number of hydrogen-bond acceptors (Lipinski definition) is 5. The second-order valence-electron chi connectivity index (χ2n) is 5.66. The third-order valence-electron chi connectivity index (χ3n) is 3.35. The minimum Gasteiger partial charge on any atom is -0.336 e. The Hall–Kier alpha value is -2.23. The summed E-state index contributed by atoms with van der Waals surface area (Å²) >= 11 is 1.02. The van der Waals surface area contributed by atoms with E-state index in [9.17, 15) is 18.0 Å². The highest BCUT2D eigenvalue weighted by Crippen LogP contribution is 2.35. The fourth-order valence-electron chi connectivity index (χ4n) is 2.05. The van der Waals surface area contributed by atoms with Gasteiger partial charge in [-0.2, -0.15) is 13.2 Å². The smallest absolute Gasteiger partial charge is 0.336 e. The lowest BCUT2D eigenvalue weighted by atomic mass is 10.1. The Morgan fingerprint density at radius 3 is 2.44 bits per heavy atom. The molecule has 136 valence electrons. The summed E-state index contributed by atoms with van der Waals surface area (Å²) in [6, 6.07) is 4.81. The second kappa shape index (κ2) is 7.34. The molecule has 1 atom stereocenters. The lowest BCUT2D eigenvalue weighted by Gasteiger charge is -2.16. The van der Waals surface area contributed by atoms with E-state index in [1.165, 1.54) is 22.9 Å². The van der Waals surface area contributed by atoms with E-state index in [4.69, 9.17) is 5.84 Å². The van der Waals surface area contributed by atoms with E-state index in [1.807, 2.05) is 13.8 Å². The number of thioether (sulfide) groups is 1. The van der Waals surface area contributed by atoms with E-state index in [-0.39, 0.29) is 11.6 Å². The van der Waals surface area contributed by atoms with E-state index in [2.05, 4.69) is 15.5 Å². The molecule has 0 unspecified atom stereocenters. The number of carbonyl (C=O) groups is 1. The zero-order chi connectivity index (χ0) is 18.8. The van der Waals surface area contributed by atoms with Crippen molar-refractivity contribution < 1.29 is 18.0 Å². The van der Waals surface area contributed by atoms with Gasteiger partial charge in [0.2, 0.25) is 11.1 Å². The van der Waals surface area contributed by atoms with Crippen LogP contribution in [0.4, 0.5) is 18.9 Å². The van der Waals surface area contributed by atoms with Gasteiger partial charge >= 0.3 is 6.18 Å². The number of nitrogens with two attached hydrogens (primary N) is 1. The molecule has 0 saturated carbocycles. The summed E-state index contributed by atoms with van der Waals surface area (Å²) in [6.07, 6.45) is -4.55. The van der Waals surface area contributed by atoms with Gasteiger partial charge in [-0.15, -0.1) is 10.2 Å². The Balaban J connectivity index is 2.12. The molecule has 0 spiro atoms. The molecule has 0 saturated heterocycles. The Morgan fingerprint density at radius 2 is 1.88 bits per heavy atom. The standard InChI is InChI=1S/C15H18F3N5OS/c1-8(2)12-21-22-14(23(12)19)25-9(3)13(24)20-11-7-5-4-6-10(11)15(16,17)18/h4-9H,19H2,1-3H3,(H,20,24)/t9-/m1/s1. The summed E-state index contributed by atoms with van der Waals surface area (Å²) < 4.78 is 40.2. The molecule has 2 aromatic rings. The molecule has 25 heavy (non-hydrogen) atoms. The number of halogens is 3. The van der Waals surface area contributed by atoms with Gasteiger partial charge in [0.1, 0.15) is 0 Å². The fourth-order valence-corrected chi connectivity index (χ4v) is 2.82. The first-order valence-electron chi connectivity index (χ1n) is 7.45. The maximum atomic E-state index is 13.0. The predicted octanol–water partition coefficient (Wildman–Crippen LogP) is 3.25. The molecule has 2 rings (SSSR count). The van der Waals surface area contributed by atoms with E-state index >= 15 is 0 Å². The number of carbonyl (C=O) groups excluding carboxylic acids is 1. The zero-order valence-corrected chi connectivity index (χ0v) is 14.6. The molecular weight excluding hydrogens is 355 g/mol. The summed E-state index contributed by atoms with van der Waals surface area (Å²) in [4.78, 5) is 12.3. The molecule has 0 fully saturated rings. The van der Waals surface area contributed by atoms with Gasteiger partial charge in [0.05, 0.1) is 16.5 Å². The van der Waals surface area contributed by atoms with Gasteiger partial charge < -0.3 is 11.2 Å². The molecule has 1 amide bonds. The SMILES string of the molecule is CC(C)c1nnc(S[C@H](C)C(=O)Nc2ccccc2C(F)(F)F)n1N. The van der Waals surface area contributed by atoms with Crippen molar-refractivity contribution in [3.63, 3.8) is 0 Å². The summed E-state index contributed by atoms with van der Waals surface area (Å²) in [5, 5.41) is 9.77. The van der Waals surface area contributed by atoms with Gasteiger partial charge in [0, 0.05) is 5.92 Å². The van der Waals surface area contributed by atoms with Crippen LogP contribution in [0.3, 0.4) is 0 Å². The molecule has 0 radical (unpaired) electrons. The van der Waals surface area contributed by atoms with Crippen molar-refractivity contribution in [1.82, 2.24) is 14.9 Å². The summed E-state index contributed by atoms with van der Waals surface area (Å²) in [5.41, 5.74) is -1.19. The maximum absolute atomic E-state index is 13.0. The largest absolute Gasteiger partial charge is 0.418 e. The van der Waals surface area contributed by atoms with Gasteiger partial charge in [0.25, 0.3) is 0 Å². The number of nitrogens with zero attached hydrogens (tertiary/aromatic N) is 3. The number of nitrogens with one attached hydrogen (secondary N) is 1. The Morgan fingerprint density at radius 1 is 1.24 bits per heavy atom. The molecule has 0 aliphatic carbocycles. The maximum Gasteiger partial charge on any atom is 0.418 e. The quantitative estimate of drug-likeness (QED) is 0.621. The van der Waals surface area contributed by atoms with Gasteiger partial charge in [-0.25, -0.2) is 4.68 Å². The van der Waals surface area contributed by atoms with Crippen LogP contribution in [0.25, 0.3) is 0 Å². The molecule has 3 N–H and O–H groups in total. The molecule has 6 nitrogen and oxygen atoms in total. The molecule has 0 aliphatic rings. The van der Waals surface area contributed by atoms with Crippen LogP contribution in [0.5, 0.6) is 0 Å². The first-order chi connectivity index (χ1) is 11.6. The number of hydrogen-bond donors (Lipinski definition) is 2. The second-order valence-corrected chi connectivity index (χ2v) is 6.97. The molecule has 1 aromatic heterocycles. The fraction of sp³-hybridized carbons (Fsp3) is 0.400. The van der Waals surface area contributed by atoms with Crippen LogP contribution in [0.2, 0.25) is 0 Å². The molecule has 1 aromatic carbocycles. The number of rotatable bonds is 5. The minimum atomic E-state index is -4.55. The van der Waals surface area contributed by atoms with Crippen molar-refractivity contribution in [2.45, 2.75) is 43.3 Å². The third-order valence-corrected chi connectivity index (χ3v) is 4.41. The van der Waals surface area contributed by atoms with Crippen LogP contribution in [-0.4, -0.2) is 26.0 Å². The molecule has 10 heteroatoms. The number of amides is 1. The van der Waals surface area contributed by atoms with Gasteiger partial charge in [-0.1, -0.05) is 37.7 Å². The summed E-state index contributed by atoms with van der Waals surface area (Å²) in [6.45, 7) is 5.35. The summed E-state index contributed by atoms with van der Waals surface area (Å²) in [7, 11) is 0. The van der Waals surface area contributed by atoms with E-state index < -0.39 is 22.9 Å². The van der Waals surface area contributed by atoms with Crippen molar-refractivity contribution >= 4 is 23.4 Å². The third kappa shape index (κ3) is 4.44. The van der Waals surface area contributed by atoms with Crippen molar-refractivity contribution in [3.05, 3.63) is 35.7 Å². The molecular formula is C15H18F3N5OS. The number of benzene rings is 1. The van der Waals surface area contributed by atoms with Crippen LogP contribution in [-0.2, 0) is 11.0 Å². The highest BCUT2D eigenvalue weighted by Gasteiger charge is 2.34. The number of nitrogen functional groups attached to an aromatic ring is 1. The molecule has 1 heterocycles. The van der Waals surface area contributed by atoms with E-state index in [0.717, 1.165) is 17.8 Å². The topological polar surface area (TPSA) is 85.8 Å². The zero-order valence-electron chi connectivity index (χ0n) is 13.8. The lowest BCUT2D eigenvalue weighted by Crippen LogP contribution is -2.25. The minimum absolute atomic E-state index is 0.0506. The summed E-state index contributed by atoms with van der Waals surface area (Å²) in [5.74, 6) is 5.89. The number of alkyl halides is 3. The average Bonchev–Trinajstić information content (AvgIpc) is 2.88. The van der Waals surface area contributed by atoms with Gasteiger partial charge in [-0.05, 0) is 19.1 Å². The molecule has 0 bridgehead atoms. The van der Waals surface area contributed by atoms with Crippen molar-refractivity contribution in [1.29, 1.82) is 0 Å². The van der Waals surface area contributed by atoms with Crippen LogP contribution in [0.15, 0.2) is 29.4 Å². The average molecular weight is 373 g/mol. The van der Waals surface area contributed by atoms with Crippen LogP contribution >= 0.6 is 11.8 Å². The van der Waals surface area contributed by atoms with E-state index in [0.29, 0.717) is 11.0 Å². The lowest BCUT2D eigenvalue weighted by molar-refractivity contribution is -0.137. The monoisotopic (exact) mass is 373 g/mol. The van der Waals surface area contributed by atoms with E-state index in [1.54, 1.807) is 6.92 Å². The number of para-hydroxylation sites is 1. The van der Waals surface area contributed by atoms with Crippen LogP contribution in [0.1, 0.15) is 38.1 Å². The van der Waals surface area contributed by atoms with Crippen molar-refractivity contribution in [2.24, 2.45) is 0 Å². The Kier molecular flexibility index (Phi) is 5.61. The predicted molar refractivity (Wildman–Crippen MR) is 89.7 cm³/mol.